The zero-order chi connectivity index (χ0) is 12.1. The van der Waals surface area contributed by atoms with Gasteiger partial charge < -0.3 is 11.1 Å². The molecule has 0 fully saturated rings. The lowest BCUT2D eigenvalue weighted by atomic mass is 10.1. The second-order valence-electron chi connectivity index (χ2n) is 4.06. The van der Waals surface area contributed by atoms with Crippen LogP contribution in [-0.4, -0.2) is 16.9 Å². The summed E-state index contributed by atoms with van der Waals surface area (Å²) >= 11 is 1.63. The second kappa shape index (κ2) is 5.96. The van der Waals surface area contributed by atoms with Gasteiger partial charge in [0.25, 0.3) is 0 Å². The smallest absolute Gasteiger partial charge is 0.237 e. The fraction of sp³-hybridized carbons (Fsp3) is 0.636. The molecule has 0 spiro atoms. The van der Waals surface area contributed by atoms with Gasteiger partial charge in [0.15, 0.2) is 0 Å². The molecule has 0 saturated heterocycles. The standard InChI is InChI=1S/C11H19N3OS/c1-4-8-5-13-9(16-8)6-14-11(15)10(12)7(2)3/h5,7,10H,4,6,12H2,1-3H3,(H,14,15)/t10-/m1/s1. The Morgan fingerprint density at radius 1 is 1.62 bits per heavy atom. The van der Waals surface area contributed by atoms with Crippen LogP contribution < -0.4 is 11.1 Å². The van der Waals surface area contributed by atoms with Gasteiger partial charge in [-0.25, -0.2) is 4.98 Å². The highest BCUT2D eigenvalue weighted by Crippen LogP contribution is 2.12. The van der Waals surface area contributed by atoms with Crippen LogP contribution in [0.3, 0.4) is 0 Å². The maximum Gasteiger partial charge on any atom is 0.237 e. The first-order valence-electron chi connectivity index (χ1n) is 5.51. The van der Waals surface area contributed by atoms with E-state index in [1.807, 2.05) is 20.0 Å². The summed E-state index contributed by atoms with van der Waals surface area (Å²) in [5, 5.41) is 3.73. The Kier molecular flexibility index (Phi) is 4.89. The number of nitrogens with zero attached hydrogens (tertiary/aromatic N) is 1. The molecule has 1 aromatic heterocycles. The van der Waals surface area contributed by atoms with E-state index in [1.54, 1.807) is 11.3 Å². The summed E-state index contributed by atoms with van der Waals surface area (Å²) in [6.45, 7) is 6.43. The SMILES string of the molecule is CCc1cnc(CNC(=O)[C@H](N)C(C)C)s1. The summed E-state index contributed by atoms with van der Waals surface area (Å²) in [6, 6.07) is -0.439. The Hall–Kier alpha value is -0.940. The largest absolute Gasteiger partial charge is 0.348 e. The number of hydrogen-bond acceptors (Lipinski definition) is 4. The Balaban J connectivity index is 2.42. The van der Waals surface area contributed by atoms with Gasteiger partial charge in [-0.15, -0.1) is 11.3 Å². The van der Waals surface area contributed by atoms with E-state index < -0.39 is 6.04 Å². The molecule has 0 radical (unpaired) electrons. The highest BCUT2D eigenvalue weighted by Gasteiger charge is 2.16. The van der Waals surface area contributed by atoms with Gasteiger partial charge >= 0.3 is 0 Å². The van der Waals surface area contributed by atoms with E-state index in [-0.39, 0.29) is 11.8 Å². The number of rotatable bonds is 5. The number of aryl methyl sites for hydroxylation is 1. The average Bonchev–Trinajstić information content (AvgIpc) is 2.72. The van der Waals surface area contributed by atoms with Crippen molar-refractivity contribution in [3.05, 3.63) is 16.1 Å². The monoisotopic (exact) mass is 241 g/mol. The van der Waals surface area contributed by atoms with Crippen molar-refractivity contribution in [2.24, 2.45) is 11.7 Å². The number of aromatic nitrogens is 1. The lowest BCUT2D eigenvalue weighted by molar-refractivity contribution is -0.123. The van der Waals surface area contributed by atoms with Gasteiger partial charge in [0.1, 0.15) is 5.01 Å². The highest BCUT2D eigenvalue weighted by molar-refractivity contribution is 7.11. The van der Waals surface area contributed by atoms with Crippen LogP contribution in [-0.2, 0) is 17.8 Å². The van der Waals surface area contributed by atoms with Crippen molar-refractivity contribution < 1.29 is 4.79 Å². The minimum Gasteiger partial charge on any atom is -0.348 e. The van der Waals surface area contributed by atoms with Gasteiger partial charge in [0.2, 0.25) is 5.91 Å². The number of carbonyl (C=O) groups is 1. The van der Waals surface area contributed by atoms with Crippen molar-refractivity contribution in [2.75, 3.05) is 0 Å². The fourth-order valence-electron chi connectivity index (χ4n) is 1.18. The van der Waals surface area contributed by atoms with E-state index in [0.717, 1.165) is 11.4 Å². The molecule has 0 saturated carbocycles. The van der Waals surface area contributed by atoms with Crippen LogP contribution in [0.2, 0.25) is 0 Å². The van der Waals surface area contributed by atoms with E-state index >= 15 is 0 Å². The van der Waals surface area contributed by atoms with Crippen molar-refractivity contribution >= 4 is 17.2 Å². The predicted molar refractivity (Wildman–Crippen MR) is 66.2 cm³/mol. The number of carbonyl (C=O) groups excluding carboxylic acids is 1. The molecule has 4 nitrogen and oxygen atoms in total. The predicted octanol–water partition coefficient (Wildman–Crippen LogP) is 1.30. The van der Waals surface area contributed by atoms with Crippen LogP contribution in [0.5, 0.6) is 0 Å². The number of thiazole rings is 1. The van der Waals surface area contributed by atoms with Crippen molar-refractivity contribution in [3.63, 3.8) is 0 Å². The lowest BCUT2D eigenvalue weighted by Crippen LogP contribution is -2.43. The summed E-state index contributed by atoms with van der Waals surface area (Å²) in [6.07, 6.45) is 2.84. The average molecular weight is 241 g/mol. The first-order chi connectivity index (χ1) is 7.54. The van der Waals surface area contributed by atoms with Gasteiger partial charge in [-0.05, 0) is 12.3 Å². The fourth-order valence-corrected chi connectivity index (χ4v) is 1.98. The Morgan fingerprint density at radius 3 is 2.81 bits per heavy atom. The molecule has 1 atom stereocenters. The van der Waals surface area contributed by atoms with Gasteiger partial charge in [-0.3, -0.25) is 4.79 Å². The number of hydrogen-bond donors (Lipinski definition) is 2. The summed E-state index contributed by atoms with van der Waals surface area (Å²) < 4.78 is 0. The normalized spacial score (nSPS) is 12.8. The van der Waals surface area contributed by atoms with E-state index in [1.165, 1.54) is 4.88 Å². The minimum atomic E-state index is -0.439. The molecule has 0 aliphatic carbocycles. The van der Waals surface area contributed by atoms with Crippen molar-refractivity contribution in [2.45, 2.75) is 39.8 Å². The molecule has 1 heterocycles. The Bertz CT molecular complexity index is 349. The summed E-state index contributed by atoms with van der Waals surface area (Å²) in [4.78, 5) is 17.0. The van der Waals surface area contributed by atoms with Crippen molar-refractivity contribution in [3.8, 4) is 0 Å². The summed E-state index contributed by atoms with van der Waals surface area (Å²) in [5.41, 5.74) is 5.73. The molecule has 90 valence electrons. The van der Waals surface area contributed by atoms with Crippen LogP contribution in [0.1, 0.15) is 30.7 Å². The maximum atomic E-state index is 11.6. The minimum absolute atomic E-state index is 0.108. The maximum absolute atomic E-state index is 11.6. The van der Waals surface area contributed by atoms with E-state index in [4.69, 9.17) is 5.73 Å². The van der Waals surface area contributed by atoms with E-state index in [2.05, 4.69) is 17.2 Å². The van der Waals surface area contributed by atoms with Crippen LogP contribution in [0.25, 0.3) is 0 Å². The molecular formula is C11H19N3OS. The zero-order valence-electron chi connectivity index (χ0n) is 9.99. The number of nitrogens with one attached hydrogen (secondary N) is 1. The third-order valence-corrected chi connectivity index (χ3v) is 3.53. The molecule has 0 unspecified atom stereocenters. The third kappa shape index (κ3) is 3.57. The molecule has 0 aliphatic heterocycles. The Labute approximate surface area is 100 Å². The molecule has 3 N–H and O–H groups in total. The van der Waals surface area contributed by atoms with Crippen LogP contribution in [0, 0.1) is 5.92 Å². The molecule has 1 rings (SSSR count). The lowest BCUT2D eigenvalue weighted by Gasteiger charge is -2.14. The van der Waals surface area contributed by atoms with Gasteiger partial charge in [-0.2, -0.15) is 0 Å². The van der Waals surface area contributed by atoms with Gasteiger partial charge in [0, 0.05) is 11.1 Å². The Morgan fingerprint density at radius 2 is 2.31 bits per heavy atom. The third-order valence-electron chi connectivity index (χ3n) is 2.38. The summed E-state index contributed by atoms with van der Waals surface area (Å²) in [5.74, 6) is 0.0470. The van der Waals surface area contributed by atoms with E-state index in [9.17, 15) is 4.79 Å². The zero-order valence-corrected chi connectivity index (χ0v) is 10.8. The van der Waals surface area contributed by atoms with Crippen molar-refractivity contribution in [1.82, 2.24) is 10.3 Å². The molecule has 0 aromatic carbocycles. The first kappa shape index (κ1) is 13.1. The van der Waals surface area contributed by atoms with Gasteiger partial charge in [0.05, 0.1) is 12.6 Å². The number of nitrogens with two attached hydrogens (primary N) is 1. The molecule has 16 heavy (non-hydrogen) atoms. The molecule has 1 aromatic rings. The molecule has 5 heteroatoms. The number of amides is 1. The topological polar surface area (TPSA) is 68.0 Å². The highest BCUT2D eigenvalue weighted by atomic mass is 32.1. The molecule has 0 aliphatic rings. The molecule has 0 bridgehead atoms. The van der Waals surface area contributed by atoms with Crippen LogP contribution in [0.15, 0.2) is 6.20 Å². The van der Waals surface area contributed by atoms with Crippen molar-refractivity contribution in [1.29, 1.82) is 0 Å². The van der Waals surface area contributed by atoms with Crippen LogP contribution in [0.4, 0.5) is 0 Å². The quantitative estimate of drug-likeness (QED) is 0.816. The summed E-state index contributed by atoms with van der Waals surface area (Å²) in [7, 11) is 0. The van der Waals surface area contributed by atoms with E-state index in [0.29, 0.717) is 6.54 Å². The molecule has 1 amide bonds. The van der Waals surface area contributed by atoms with Gasteiger partial charge in [-0.1, -0.05) is 20.8 Å². The first-order valence-corrected chi connectivity index (χ1v) is 6.33. The molecular weight excluding hydrogens is 222 g/mol. The second-order valence-corrected chi connectivity index (χ2v) is 5.26. The van der Waals surface area contributed by atoms with Crippen LogP contribution >= 0.6 is 11.3 Å².